The van der Waals surface area contributed by atoms with Crippen LogP contribution in [0, 0.1) is 0 Å². The van der Waals surface area contributed by atoms with Crippen molar-refractivity contribution in [2.45, 2.75) is 91.5 Å². The highest BCUT2D eigenvalue weighted by Gasteiger charge is 2.39. The molecule has 1 unspecified atom stereocenters. The third-order valence-corrected chi connectivity index (χ3v) is 9.48. The first-order valence-electron chi connectivity index (χ1n) is 9.15. The summed E-state index contributed by atoms with van der Waals surface area (Å²) in [5.74, 6) is -0.870. The minimum atomic E-state index is -1.80. The molecular formula is C21H38O3Si. The van der Waals surface area contributed by atoms with E-state index in [1.807, 2.05) is 6.92 Å². The lowest BCUT2D eigenvalue weighted by Crippen LogP contribution is -2.44. The van der Waals surface area contributed by atoms with Gasteiger partial charge in [0.1, 0.15) is 0 Å². The van der Waals surface area contributed by atoms with Crippen LogP contribution in [-0.2, 0) is 9.22 Å². The molecule has 0 spiro atoms. The summed E-state index contributed by atoms with van der Waals surface area (Å²) in [6.07, 6.45) is 7.20. The highest BCUT2D eigenvalue weighted by atomic mass is 28.4. The van der Waals surface area contributed by atoms with Crippen molar-refractivity contribution in [3.8, 4) is 0 Å². The van der Waals surface area contributed by atoms with Crippen molar-refractivity contribution in [2.24, 2.45) is 0 Å². The largest absolute Gasteiger partial charge is 0.478 e. The topological polar surface area (TPSA) is 46.5 Å². The molecule has 0 radical (unpaired) electrons. The van der Waals surface area contributed by atoms with Gasteiger partial charge in [-0.25, -0.2) is 4.79 Å². The van der Waals surface area contributed by atoms with Crippen molar-refractivity contribution in [3.05, 3.63) is 35.5 Å². The second-order valence-electron chi connectivity index (χ2n) is 8.67. The van der Waals surface area contributed by atoms with Gasteiger partial charge < -0.3 is 9.53 Å². The molecule has 4 heteroatoms. The maximum absolute atomic E-state index is 10.6. The Morgan fingerprint density at radius 1 is 1.16 bits per heavy atom. The maximum Gasteiger partial charge on any atom is 0.328 e. The van der Waals surface area contributed by atoms with Gasteiger partial charge in [0, 0.05) is 6.08 Å². The van der Waals surface area contributed by atoms with Gasteiger partial charge in [0.25, 0.3) is 0 Å². The first-order chi connectivity index (χ1) is 11.3. The summed E-state index contributed by atoms with van der Waals surface area (Å²) in [5, 5.41) is 8.92. The maximum atomic E-state index is 10.6. The first-order valence-corrected chi connectivity index (χ1v) is 12.1. The highest BCUT2D eigenvalue weighted by Crippen LogP contribution is 2.38. The van der Waals surface area contributed by atoms with Gasteiger partial charge in [-0.15, -0.1) is 0 Å². The molecule has 1 atom stereocenters. The standard InChI is InChI=1S/C21H38O3Si/c1-16(2)19(24-25(8,9)21(5,6)7)14-13-17(3)11-10-12-18(4)15-20(22)23/h11,15,19H,1,10,12-14H2,2-9H3,(H,22,23)/b17-11+,18-15?. The molecule has 0 saturated carbocycles. The average Bonchev–Trinajstić information content (AvgIpc) is 2.40. The molecule has 0 heterocycles. The number of aliphatic carboxylic acids is 1. The fourth-order valence-corrected chi connectivity index (χ4v) is 3.61. The summed E-state index contributed by atoms with van der Waals surface area (Å²) in [6.45, 7) is 21.5. The number of carboxylic acid groups (broad SMARTS) is 1. The lowest BCUT2D eigenvalue weighted by Gasteiger charge is -2.39. The Kier molecular flexibility index (Phi) is 9.66. The summed E-state index contributed by atoms with van der Waals surface area (Å²) < 4.78 is 6.54. The second kappa shape index (κ2) is 10.1. The van der Waals surface area contributed by atoms with Crippen LogP contribution in [0.5, 0.6) is 0 Å². The van der Waals surface area contributed by atoms with Gasteiger partial charge in [0.2, 0.25) is 0 Å². The molecule has 0 aromatic carbocycles. The number of allylic oxidation sites excluding steroid dienone is 3. The number of rotatable bonds is 10. The van der Waals surface area contributed by atoms with Crippen LogP contribution in [0.3, 0.4) is 0 Å². The van der Waals surface area contributed by atoms with E-state index < -0.39 is 14.3 Å². The zero-order valence-corrected chi connectivity index (χ0v) is 18.5. The second-order valence-corrected chi connectivity index (χ2v) is 13.4. The fraction of sp³-hybridized carbons (Fsp3) is 0.667. The minimum absolute atomic E-state index is 0.109. The summed E-state index contributed by atoms with van der Waals surface area (Å²) in [6, 6.07) is 0. The van der Waals surface area contributed by atoms with Crippen LogP contribution in [0.1, 0.15) is 67.2 Å². The van der Waals surface area contributed by atoms with Gasteiger partial charge in [-0.3, -0.25) is 0 Å². The molecule has 0 aliphatic carbocycles. The van der Waals surface area contributed by atoms with Crippen LogP contribution in [0.4, 0.5) is 0 Å². The van der Waals surface area contributed by atoms with E-state index in [2.05, 4.69) is 60.4 Å². The van der Waals surface area contributed by atoms with E-state index in [-0.39, 0.29) is 11.1 Å². The van der Waals surface area contributed by atoms with Crippen molar-refractivity contribution in [2.75, 3.05) is 0 Å². The first kappa shape index (κ1) is 23.9. The molecule has 1 N–H and O–H groups in total. The third kappa shape index (κ3) is 9.80. The lowest BCUT2D eigenvalue weighted by atomic mass is 10.0. The Hall–Kier alpha value is -1.13. The number of carboxylic acids is 1. The molecular weight excluding hydrogens is 328 g/mol. The van der Waals surface area contributed by atoms with Crippen LogP contribution < -0.4 is 0 Å². The zero-order valence-electron chi connectivity index (χ0n) is 17.5. The Balaban J connectivity index is 4.64. The quantitative estimate of drug-likeness (QED) is 0.273. The predicted octanol–water partition coefficient (Wildman–Crippen LogP) is 6.49. The van der Waals surface area contributed by atoms with Gasteiger partial charge in [-0.2, -0.15) is 0 Å². The van der Waals surface area contributed by atoms with Crippen molar-refractivity contribution < 1.29 is 14.3 Å². The van der Waals surface area contributed by atoms with Gasteiger partial charge in [-0.05, 0) is 64.6 Å². The SMILES string of the molecule is C=C(C)C(CC/C(C)=C/CCC(C)=CC(=O)O)O[Si](C)(C)C(C)(C)C. The van der Waals surface area contributed by atoms with Crippen LogP contribution in [-0.4, -0.2) is 25.5 Å². The van der Waals surface area contributed by atoms with E-state index in [0.29, 0.717) is 0 Å². The van der Waals surface area contributed by atoms with Gasteiger partial charge in [0.15, 0.2) is 8.32 Å². The summed E-state index contributed by atoms with van der Waals surface area (Å²) in [4.78, 5) is 10.6. The summed E-state index contributed by atoms with van der Waals surface area (Å²) in [5.41, 5.74) is 3.32. The third-order valence-electron chi connectivity index (χ3n) is 4.99. The van der Waals surface area contributed by atoms with Gasteiger partial charge >= 0.3 is 5.97 Å². The molecule has 0 rings (SSSR count). The van der Waals surface area contributed by atoms with Gasteiger partial charge in [0.05, 0.1) is 6.10 Å². The summed E-state index contributed by atoms with van der Waals surface area (Å²) >= 11 is 0. The minimum Gasteiger partial charge on any atom is -0.478 e. The van der Waals surface area contributed by atoms with Crippen LogP contribution in [0.25, 0.3) is 0 Å². The number of hydrogen-bond donors (Lipinski definition) is 1. The van der Waals surface area contributed by atoms with E-state index in [1.54, 1.807) is 0 Å². The lowest BCUT2D eigenvalue weighted by molar-refractivity contribution is -0.131. The molecule has 3 nitrogen and oxygen atoms in total. The molecule has 0 saturated heterocycles. The molecule has 0 aromatic heterocycles. The van der Waals surface area contributed by atoms with Crippen LogP contribution in [0.2, 0.25) is 18.1 Å². The molecule has 144 valence electrons. The Labute approximate surface area is 156 Å². The normalized spacial score (nSPS) is 15.2. The van der Waals surface area contributed by atoms with E-state index >= 15 is 0 Å². The molecule has 0 fully saturated rings. The Morgan fingerprint density at radius 2 is 1.72 bits per heavy atom. The average molecular weight is 367 g/mol. The molecule has 0 aliphatic heterocycles. The predicted molar refractivity (Wildman–Crippen MR) is 111 cm³/mol. The van der Waals surface area contributed by atoms with Gasteiger partial charge in [-0.1, -0.05) is 50.1 Å². The van der Waals surface area contributed by atoms with Crippen LogP contribution >= 0.6 is 0 Å². The number of hydrogen-bond acceptors (Lipinski definition) is 2. The molecule has 0 bridgehead atoms. The van der Waals surface area contributed by atoms with E-state index in [0.717, 1.165) is 36.8 Å². The van der Waals surface area contributed by atoms with Crippen molar-refractivity contribution in [3.63, 3.8) is 0 Å². The fourth-order valence-electron chi connectivity index (χ4n) is 2.23. The van der Waals surface area contributed by atoms with Crippen molar-refractivity contribution in [1.29, 1.82) is 0 Å². The molecule has 25 heavy (non-hydrogen) atoms. The zero-order chi connectivity index (χ0) is 19.8. The highest BCUT2D eigenvalue weighted by molar-refractivity contribution is 6.74. The Bertz CT molecular complexity index is 522. The van der Waals surface area contributed by atoms with Crippen molar-refractivity contribution in [1.82, 2.24) is 0 Å². The smallest absolute Gasteiger partial charge is 0.328 e. The molecule has 0 aliphatic rings. The molecule has 0 aromatic rings. The van der Waals surface area contributed by atoms with Crippen LogP contribution in [0.15, 0.2) is 35.5 Å². The van der Waals surface area contributed by atoms with E-state index in [9.17, 15) is 4.79 Å². The van der Waals surface area contributed by atoms with Crippen molar-refractivity contribution >= 4 is 14.3 Å². The number of carbonyl (C=O) groups is 1. The Morgan fingerprint density at radius 3 is 2.16 bits per heavy atom. The molecule has 0 amide bonds. The van der Waals surface area contributed by atoms with E-state index in [1.165, 1.54) is 11.6 Å². The monoisotopic (exact) mass is 366 g/mol. The summed E-state index contributed by atoms with van der Waals surface area (Å²) in [7, 11) is -1.80. The van der Waals surface area contributed by atoms with E-state index in [4.69, 9.17) is 9.53 Å².